The molecule has 2 aromatic carbocycles. The van der Waals surface area contributed by atoms with Crippen molar-refractivity contribution >= 4 is 17.2 Å². The summed E-state index contributed by atoms with van der Waals surface area (Å²) >= 11 is 0. The molecule has 25 heavy (non-hydrogen) atoms. The van der Waals surface area contributed by atoms with Crippen LogP contribution in [0.4, 0.5) is 4.39 Å². The Kier molecular flexibility index (Phi) is 3.99. The number of halogens is 1. The van der Waals surface area contributed by atoms with Gasteiger partial charge in [0, 0.05) is 17.4 Å². The summed E-state index contributed by atoms with van der Waals surface area (Å²) in [6, 6.07) is 12.3. The van der Waals surface area contributed by atoms with Gasteiger partial charge in [-0.25, -0.2) is 4.39 Å². The average molecular weight is 357 g/mol. The number of carbonyl (C=O) groups excluding carboxylic acids is 1. The zero-order valence-corrected chi connectivity index (χ0v) is 14.8. The molecule has 4 atom stereocenters. The van der Waals surface area contributed by atoms with Crippen LogP contribution in [0.15, 0.2) is 47.4 Å². The van der Waals surface area contributed by atoms with Crippen molar-refractivity contribution in [3.63, 3.8) is 0 Å². The summed E-state index contributed by atoms with van der Waals surface area (Å²) in [5.74, 6) is 0.0954. The second kappa shape index (κ2) is 6.06. The Hall–Kier alpha value is -2.01. The molecule has 130 valence electrons. The molecular formula is C20H20FNO2S. The van der Waals surface area contributed by atoms with Crippen LogP contribution < -0.4 is 5.32 Å². The number of rotatable bonds is 5. The minimum absolute atomic E-state index is 0.146. The van der Waals surface area contributed by atoms with Crippen molar-refractivity contribution in [2.24, 2.45) is 11.8 Å². The lowest BCUT2D eigenvalue weighted by atomic mass is 9.90. The van der Waals surface area contributed by atoms with Gasteiger partial charge in [0.05, 0.1) is 15.5 Å². The van der Waals surface area contributed by atoms with Gasteiger partial charge in [0.25, 0.3) is 0 Å². The fourth-order valence-corrected chi connectivity index (χ4v) is 6.73. The van der Waals surface area contributed by atoms with E-state index in [1.807, 2.05) is 0 Å². The van der Waals surface area contributed by atoms with Gasteiger partial charge in [-0.3, -0.25) is 9.00 Å². The van der Waals surface area contributed by atoms with Gasteiger partial charge < -0.3 is 5.32 Å². The quantitative estimate of drug-likeness (QED) is 0.836. The second-order valence-electron chi connectivity index (χ2n) is 6.95. The van der Waals surface area contributed by atoms with E-state index in [9.17, 15) is 13.4 Å². The third kappa shape index (κ3) is 2.44. The number of fused-ring (bicyclic) bond motifs is 3. The zero-order valence-electron chi connectivity index (χ0n) is 14.0. The van der Waals surface area contributed by atoms with Gasteiger partial charge in [-0.1, -0.05) is 23.8 Å². The highest BCUT2D eigenvalue weighted by Crippen LogP contribution is 2.67. The van der Waals surface area contributed by atoms with Gasteiger partial charge in [-0.15, -0.1) is 0 Å². The first-order chi connectivity index (χ1) is 12.1. The number of aryl methyl sites for hydroxylation is 2. The molecular weight excluding hydrogens is 337 g/mol. The number of hydrogen-bond donors (Lipinski definition) is 1. The maximum Gasteiger partial charge on any atom is 0.207 e. The molecule has 2 aliphatic rings. The first-order valence-electron chi connectivity index (χ1n) is 8.53. The van der Waals surface area contributed by atoms with Crippen LogP contribution in [0.5, 0.6) is 0 Å². The summed E-state index contributed by atoms with van der Waals surface area (Å²) < 4.78 is 26.4. The lowest BCUT2D eigenvalue weighted by Gasteiger charge is -2.26. The van der Waals surface area contributed by atoms with E-state index in [2.05, 4.69) is 30.4 Å². The molecule has 3 nitrogen and oxygen atoms in total. The van der Waals surface area contributed by atoms with Crippen molar-refractivity contribution < 1.29 is 13.4 Å². The number of amides is 1. The van der Waals surface area contributed by atoms with Gasteiger partial charge >= 0.3 is 0 Å². The van der Waals surface area contributed by atoms with Crippen molar-refractivity contribution in [1.29, 1.82) is 0 Å². The monoisotopic (exact) mass is 357 g/mol. The second-order valence-corrected chi connectivity index (χ2v) is 8.64. The summed E-state index contributed by atoms with van der Waals surface area (Å²) in [5, 5.41) is 2.77. The third-order valence-corrected chi connectivity index (χ3v) is 7.78. The Morgan fingerprint density at radius 2 is 2.04 bits per heavy atom. The minimum Gasteiger partial charge on any atom is -0.358 e. The largest absolute Gasteiger partial charge is 0.358 e. The lowest BCUT2D eigenvalue weighted by molar-refractivity contribution is -0.109. The highest BCUT2D eigenvalue weighted by Gasteiger charge is 2.70. The van der Waals surface area contributed by atoms with Gasteiger partial charge in [0.15, 0.2) is 0 Å². The highest BCUT2D eigenvalue weighted by atomic mass is 32.2. The van der Waals surface area contributed by atoms with E-state index in [4.69, 9.17) is 0 Å². The molecule has 1 saturated carbocycles. The van der Waals surface area contributed by atoms with Gasteiger partial charge in [-0.05, 0) is 61.1 Å². The van der Waals surface area contributed by atoms with Crippen LogP contribution in [0, 0.1) is 24.6 Å². The van der Waals surface area contributed by atoms with Crippen LogP contribution >= 0.6 is 0 Å². The summed E-state index contributed by atoms with van der Waals surface area (Å²) in [6.45, 7) is 2.59. The van der Waals surface area contributed by atoms with Crippen molar-refractivity contribution in [3.8, 4) is 0 Å². The van der Waals surface area contributed by atoms with E-state index >= 15 is 0 Å². The molecule has 1 fully saturated rings. The molecule has 0 radical (unpaired) electrons. The molecule has 4 unspecified atom stereocenters. The standard InChI is InChI=1S/C20H20FNO2S/c1-13-2-8-17-14(10-13)3-9-18-19(11-22-12-23)20(17,18)25(24)16-6-4-15(21)5-7-16/h2,4-8,10,12,18-19H,3,9,11H2,1H3,(H,22,23). The molecule has 0 spiro atoms. The van der Waals surface area contributed by atoms with Crippen molar-refractivity contribution in [1.82, 2.24) is 5.32 Å². The van der Waals surface area contributed by atoms with E-state index in [0.29, 0.717) is 17.9 Å². The molecule has 4 rings (SSSR count). The van der Waals surface area contributed by atoms with Crippen LogP contribution in [-0.2, 0) is 26.8 Å². The number of carbonyl (C=O) groups is 1. The number of benzene rings is 2. The van der Waals surface area contributed by atoms with Gasteiger partial charge in [0.1, 0.15) is 5.82 Å². The van der Waals surface area contributed by atoms with Gasteiger partial charge in [0.2, 0.25) is 6.41 Å². The normalized spacial score (nSPS) is 27.8. The summed E-state index contributed by atoms with van der Waals surface area (Å²) in [6.07, 6.45) is 2.64. The van der Waals surface area contributed by atoms with Crippen LogP contribution in [0.3, 0.4) is 0 Å². The molecule has 1 amide bonds. The van der Waals surface area contributed by atoms with E-state index in [1.165, 1.54) is 23.3 Å². The van der Waals surface area contributed by atoms with Crippen molar-refractivity contribution in [2.75, 3.05) is 6.54 Å². The SMILES string of the molecule is Cc1ccc2c(c1)CCC1C(CNC=O)C21S(=O)c1ccc(F)cc1. The average Bonchev–Trinajstić information content (AvgIpc) is 3.28. The molecule has 2 aliphatic carbocycles. The van der Waals surface area contributed by atoms with Crippen LogP contribution in [0.25, 0.3) is 0 Å². The fourth-order valence-electron chi connectivity index (χ4n) is 4.54. The number of hydrogen-bond acceptors (Lipinski definition) is 2. The van der Waals surface area contributed by atoms with Crippen LogP contribution in [-0.4, -0.2) is 17.2 Å². The molecule has 0 bridgehead atoms. The lowest BCUT2D eigenvalue weighted by Crippen LogP contribution is -2.27. The fraction of sp³-hybridized carbons (Fsp3) is 0.350. The number of nitrogens with one attached hydrogen (secondary N) is 1. The molecule has 5 heteroatoms. The first-order valence-corrected chi connectivity index (χ1v) is 9.68. The topological polar surface area (TPSA) is 46.2 Å². The Morgan fingerprint density at radius 1 is 1.28 bits per heavy atom. The maximum absolute atomic E-state index is 13.6. The maximum atomic E-state index is 13.6. The Bertz CT molecular complexity index is 851. The first kappa shape index (κ1) is 16.5. The predicted octanol–water partition coefficient (Wildman–Crippen LogP) is 3.08. The molecule has 1 N–H and O–H groups in total. The summed E-state index contributed by atoms with van der Waals surface area (Å²) in [5.41, 5.74) is 3.58. The van der Waals surface area contributed by atoms with Crippen molar-refractivity contribution in [2.45, 2.75) is 29.4 Å². The molecule has 0 aliphatic heterocycles. The van der Waals surface area contributed by atoms with E-state index in [1.54, 1.807) is 12.1 Å². The van der Waals surface area contributed by atoms with E-state index in [0.717, 1.165) is 18.4 Å². The van der Waals surface area contributed by atoms with Crippen molar-refractivity contribution in [3.05, 3.63) is 65.0 Å². The Balaban J connectivity index is 1.81. The van der Waals surface area contributed by atoms with E-state index in [-0.39, 0.29) is 17.7 Å². The van der Waals surface area contributed by atoms with Crippen LogP contribution in [0.1, 0.15) is 23.1 Å². The zero-order chi connectivity index (χ0) is 17.6. The van der Waals surface area contributed by atoms with Gasteiger partial charge in [-0.2, -0.15) is 0 Å². The predicted molar refractivity (Wildman–Crippen MR) is 95.0 cm³/mol. The van der Waals surface area contributed by atoms with Crippen LogP contribution in [0.2, 0.25) is 0 Å². The summed E-state index contributed by atoms with van der Waals surface area (Å²) in [7, 11) is -1.29. The summed E-state index contributed by atoms with van der Waals surface area (Å²) in [4.78, 5) is 11.4. The Morgan fingerprint density at radius 3 is 2.76 bits per heavy atom. The molecule has 0 heterocycles. The smallest absolute Gasteiger partial charge is 0.207 e. The van der Waals surface area contributed by atoms with E-state index < -0.39 is 15.5 Å². The molecule has 0 saturated heterocycles. The highest BCUT2D eigenvalue weighted by molar-refractivity contribution is 7.86. The Labute approximate surface area is 149 Å². The third-order valence-electron chi connectivity index (χ3n) is 5.64. The molecule has 2 aromatic rings. The minimum atomic E-state index is -1.29. The molecule has 0 aromatic heterocycles.